The maximum absolute atomic E-state index is 11.6. The average Bonchev–Trinajstić information content (AvgIpc) is 2.34. The third-order valence-corrected chi connectivity index (χ3v) is 2.33. The van der Waals surface area contributed by atoms with Gasteiger partial charge < -0.3 is 10.1 Å². The van der Waals surface area contributed by atoms with Crippen LogP contribution in [0.5, 0.6) is 0 Å². The summed E-state index contributed by atoms with van der Waals surface area (Å²) in [5.74, 6) is -1.17. The van der Waals surface area contributed by atoms with E-state index in [2.05, 4.69) is 10.1 Å². The van der Waals surface area contributed by atoms with Gasteiger partial charge in [0.25, 0.3) is 11.6 Å². The Bertz CT molecular complexity index is 503. The van der Waals surface area contributed by atoms with Crippen molar-refractivity contribution in [2.24, 2.45) is 0 Å². The summed E-state index contributed by atoms with van der Waals surface area (Å²) in [6.07, 6.45) is 0. The topological polar surface area (TPSA) is 98.5 Å². The van der Waals surface area contributed by atoms with Crippen LogP contribution in [0.1, 0.15) is 10.4 Å². The number of methoxy groups -OCH3 is 1. The van der Waals surface area contributed by atoms with Gasteiger partial charge in [-0.3, -0.25) is 19.7 Å². The van der Waals surface area contributed by atoms with Crippen LogP contribution < -0.4 is 5.32 Å². The molecule has 0 atom stereocenters. The fourth-order valence-corrected chi connectivity index (χ4v) is 1.37. The lowest BCUT2D eigenvalue weighted by Crippen LogP contribution is -2.30. The molecule has 1 aromatic carbocycles. The first-order valence-corrected chi connectivity index (χ1v) is 5.12. The number of carbonyl (C=O) groups excluding carboxylic acids is 2. The summed E-state index contributed by atoms with van der Waals surface area (Å²) in [5, 5.41) is 12.7. The molecule has 0 fully saturated rings. The van der Waals surface area contributed by atoms with E-state index in [4.69, 9.17) is 11.6 Å². The molecule has 0 unspecified atom stereocenters. The number of ether oxygens (including phenoxy) is 1. The van der Waals surface area contributed by atoms with E-state index in [9.17, 15) is 19.7 Å². The van der Waals surface area contributed by atoms with E-state index in [-0.39, 0.29) is 22.8 Å². The molecule has 8 heteroatoms. The first kappa shape index (κ1) is 13.9. The molecule has 1 rings (SSSR count). The highest BCUT2D eigenvalue weighted by molar-refractivity contribution is 6.33. The van der Waals surface area contributed by atoms with Crippen LogP contribution in [0.4, 0.5) is 5.69 Å². The predicted octanol–water partition coefficient (Wildman–Crippen LogP) is 1.15. The molecule has 1 amide bonds. The largest absolute Gasteiger partial charge is 0.468 e. The van der Waals surface area contributed by atoms with Gasteiger partial charge in [0.2, 0.25) is 0 Å². The van der Waals surface area contributed by atoms with Gasteiger partial charge in [-0.2, -0.15) is 0 Å². The number of hydrogen-bond acceptors (Lipinski definition) is 5. The Balaban J connectivity index is 2.79. The number of esters is 1. The fraction of sp³-hybridized carbons (Fsp3) is 0.200. The summed E-state index contributed by atoms with van der Waals surface area (Å²) in [6, 6.07) is 3.53. The molecular weight excluding hydrogens is 264 g/mol. The lowest BCUT2D eigenvalue weighted by Gasteiger charge is -2.04. The van der Waals surface area contributed by atoms with Crippen molar-refractivity contribution in [3.63, 3.8) is 0 Å². The van der Waals surface area contributed by atoms with E-state index in [0.29, 0.717) is 0 Å². The van der Waals surface area contributed by atoms with Gasteiger partial charge >= 0.3 is 5.97 Å². The number of carbonyl (C=O) groups is 2. The number of nitro groups is 1. The SMILES string of the molecule is COC(=O)CNC(=O)c1ccc([N+](=O)[O-])c(Cl)c1. The quantitative estimate of drug-likeness (QED) is 0.503. The van der Waals surface area contributed by atoms with Gasteiger partial charge in [0.05, 0.1) is 12.0 Å². The number of amides is 1. The summed E-state index contributed by atoms with van der Waals surface area (Å²) in [6.45, 7) is -0.288. The molecule has 1 aromatic rings. The molecule has 0 spiro atoms. The van der Waals surface area contributed by atoms with Gasteiger partial charge in [-0.1, -0.05) is 11.6 Å². The van der Waals surface area contributed by atoms with E-state index in [1.807, 2.05) is 0 Å². The van der Waals surface area contributed by atoms with Gasteiger partial charge in [0, 0.05) is 11.6 Å². The fourth-order valence-electron chi connectivity index (χ4n) is 1.12. The molecule has 0 saturated heterocycles. The Morgan fingerprint density at radius 1 is 1.50 bits per heavy atom. The van der Waals surface area contributed by atoms with Crippen LogP contribution in [0.3, 0.4) is 0 Å². The third-order valence-electron chi connectivity index (χ3n) is 2.03. The van der Waals surface area contributed by atoms with E-state index in [0.717, 1.165) is 12.1 Å². The molecular formula is C10H9ClN2O5. The Morgan fingerprint density at radius 3 is 2.67 bits per heavy atom. The zero-order chi connectivity index (χ0) is 13.7. The number of halogens is 1. The van der Waals surface area contributed by atoms with Crippen molar-refractivity contribution in [1.82, 2.24) is 5.32 Å². The van der Waals surface area contributed by atoms with Crippen LogP contribution in [0.25, 0.3) is 0 Å². The van der Waals surface area contributed by atoms with Crippen molar-refractivity contribution in [3.05, 3.63) is 38.9 Å². The number of benzene rings is 1. The first-order chi connectivity index (χ1) is 8.45. The molecule has 1 N–H and O–H groups in total. The number of nitrogens with one attached hydrogen (secondary N) is 1. The van der Waals surface area contributed by atoms with E-state index < -0.39 is 16.8 Å². The van der Waals surface area contributed by atoms with E-state index >= 15 is 0 Å². The third kappa shape index (κ3) is 3.42. The van der Waals surface area contributed by atoms with E-state index in [1.54, 1.807) is 0 Å². The number of rotatable bonds is 4. The molecule has 0 aliphatic rings. The van der Waals surface area contributed by atoms with Crippen LogP contribution >= 0.6 is 11.6 Å². The van der Waals surface area contributed by atoms with Crippen molar-refractivity contribution in [1.29, 1.82) is 0 Å². The minimum Gasteiger partial charge on any atom is -0.468 e. The normalized spacial score (nSPS) is 9.67. The molecule has 0 aromatic heterocycles. The highest BCUT2D eigenvalue weighted by Crippen LogP contribution is 2.24. The Kier molecular flexibility index (Phi) is 4.61. The minimum atomic E-state index is -0.654. The summed E-state index contributed by atoms with van der Waals surface area (Å²) in [4.78, 5) is 32.2. The second-order valence-electron chi connectivity index (χ2n) is 3.18. The van der Waals surface area contributed by atoms with Crippen molar-refractivity contribution in [2.45, 2.75) is 0 Å². The molecule has 0 bridgehead atoms. The molecule has 0 radical (unpaired) electrons. The van der Waals surface area contributed by atoms with Crippen molar-refractivity contribution >= 4 is 29.2 Å². The predicted molar refractivity (Wildman–Crippen MR) is 62.5 cm³/mol. The summed E-state index contributed by atoms with van der Waals surface area (Å²) >= 11 is 5.65. The highest BCUT2D eigenvalue weighted by atomic mass is 35.5. The monoisotopic (exact) mass is 272 g/mol. The molecule has 96 valence electrons. The standard InChI is InChI=1S/C10H9ClN2O5/c1-18-9(14)5-12-10(15)6-2-3-8(13(16)17)7(11)4-6/h2-4H,5H2,1H3,(H,12,15). The van der Waals surface area contributed by atoms with Crippen molar-refractivity contribution in [3.8, 4) is 0 Å². The molecule has 0 heterocycles. The van der Waals surface area contributed by atoms with Crippen molar-refractivity contribution < 1.29 is 19.2 Å². The number of hydrogen-bond donors (Lipinski definition) is 1. The summed E-state index contributed by atoms with van der Waals surface area (Å²) in [7, 11) is 1.19. The van der Waals surface area contributed by atoms with Gasteiger partial charge in [0.1, 0.15) is 11.6 Å². The van der Waals surface area contributed by atoms with Gasteiger partial charge in [-0.15, -0.1) is 0 Å². The second kappa shape index (κ2) is 5.97. The number of nitro benzene ring substituents is 1. The second-order valence-corrected chi connectivity index (χ2v) is 3.59. The zero-order valence-electron chi connectivity index (χ0n) is 9.31. The molecule has 18 heavy (non-hydrogen) atoms. The summed E-state index contributed by atoms with van der Waals surface area (Å²) < 4.78 is 4.34. The number of nitrogens with zero attached hydrogens (tertiary/aromatic N) is 1. The average molecular weight is 273 g/mol. The Morgan fingerprint density at radius 2 is 2.17 bits per heavy atom. The van der Waals surface area contributed by atoms with Crippen LogP contribution in [0.15, 0.2) is 18.2 Å². The zero-order valence-corrected chi connectivity index (χ0v) is 10.1. The smallest absolute Gasteiger partial charge is 0.325 e. The maximum atomic E-state index is 11.6. The first-order valence-electron chi connectivity index (χ1n) is 4.74. The molecule has 0 aliphatic carbocycles. The Hall–Kier alpha value is -2.15. The van der Waals surface area contributed by atoms with E-state index in [1.165, 1.54) is 13.2 Å². The summed E-state index contributed by atoms with van der Waals surface area (Å²) in [5.41, 5.74) is -0.171. The molecule has 0 saturated carbocycles. The van der Waals surface area contributed by atoms with Crippen LogP contribution in [-0.2, 0) is 9.53 Å². The lowest BCUT2D eigenvalue weighted by atomic mass is 10.2. The van der Waals surface area contributed by atoms with Gasteiger partial charge in [-0.05, 0) is 12.1 Å². The minimum absolute atomic E-state index is 0.120. The van der Waals surface area contributed by atoms with Crippen molar-refractivity contribution in [2.75, 3.05) is 13.7 Å². The van der Waals surface area contributed by atoms with Gasteiger partial charge in [-0.25, -0.2) is 0 Å². The Labute approximate surface area is 107 Å². The van der Waals surface area contributed by atoms with Crippen LogP contribution in [0, 0.1) is 10.1 Å². The van der Waals surface area contributed by atoms with Crippen LogP contribution in [0.2, 0.25) is 5.02 Å². The lowest BCUT2D eigenvalue weighted by molar-refractivity contribution is -0.384. The van der Waals surface area contributed by atoms with Crippen LogP contribution in [-0.4, -0.2) is 30.5 Å². The highest BCUT2D eigenvalue weighted by Gasteiger charge is 2.15. The van der Waals surface area contributed by atoms with Gasteiger partial charge in [0.15, 0.2) is 0 Å². The molecule has 7 nitrogen and oxygen atoms in total. The maximum Gasteiger partial charge on any atom is 0.325 e. The molecule has 0 aliphatic heterocycles.